The molecule has 6 heteroatoms. The molecule has 0 aromatic heterocycles. The Morgan fingerprint density at radius 1 is 1.35 bits per heavy atom. The molecule has 5 nitrogen and oxygen atoms in total. The van der Waals surface area contributed by atoms with E-state index in [4.69, 9.17) is 5.11 Å². The SMILES string of the molecule is CCC[C@H](NC(=O)N(CC)c1ccccc1F)C(=O)O. The Balaban J connectivity index is 2.87. The number of hydrogen-bond donors (Lipinski definition) is 2. The molecule has 0 radical (unpaired) electrons. The molecule has 0 aliphatic heterocycles. The van der Waals surface area contributed by atoms with Crippen LogP contribution in [0.5, 0.6) is 0 Å². The number of benzene rings is 1. The fourth-order valence-corrected chi connectivity index (χ4v) is 1.87. The van der Waals surface area contributed by atoms with Gasteiger partial charge in [0.25, 0.3) is 0 Å². The lowest BCUT2D eigenvalue weighted by molar-refractivity contribution is -0.139. The minimum absolute atomic E-state index is 0.133. The molecule has 1 aromatic carbocycles. The van der Waals surface area contributed by atoms with Crippen LogP contribution in [-0.4, -0.2) is 29.7 Å². The van der Waals surface area contributed by atoms with Gasteiger partial charge >= 0.3 is 12.0 Å². The molecule has 0 fully saturated rings. The van der Waals surface area contributed by atoms with Gasteiger partial charge in [0.2, 0.25) is 0 Å². The first-order chi connectivity index (χ1) is 9.51. The summed E-state index contributed by atoms with van der Waals surface area (Å²) in [5.41, 5.74) is 0.133. The van der Waals surface area contributed by atoms with Crippen molar-refractivity contribution in [3.8, 4) is 0 Å². The number of anilines is 1. The van der Waals surface area contributed by atoms with E-state index in [9.17, 15) is 14.0 Å². The van der Waals surface area contributed by atoms with E-state index in [1.54, 1.807) is 13.0 Å². The number of carbonyl (C=O) groups excluding carboxylic acids is 1. The summed E-state index contributed by atoms with van der Waals surface area (Å²) in [5.74, 6) is -1.61. The molecule has 0 saturated carbocycles. The first-order valence-electron chi connectivity index (χ1n) is 6.56. The standard InChI is InChI=1S/C14H19FN2O3/c1-3-7-11(13(18)19)16-14(20)17(4-2)12-9-6-5-8-10(12)15/h5-6,8-9,11H,3-4,7H2,1-2H3,(H,16,20)(H,18,19)/t11-/m0/s1. The van der Waals surface area contributed by atoms with E-state index < -0.39 is 23.9 Å². The third-order valence-electron chi connectivity index (χ3n) is 2.88. The Morgan fingerprint density at radius 3 is 2.50 bits per heavy atom. The van der Waals surface area contributed by atoms with E-state index in [0.717, 1.165) is 0 Å². The van der Waals surface area contributed by atoms with Crippen LogP contribution >= 0.6 is 0 Å². The molecular formula is C14H19FN2O3. The highest BCUT2D eigenvalue weighted by atomic mass is 19.1. The van der Waals surface area contributed by atoms with Crippen LogP contribution in [-0.2, 0) is 4.79 Å². The van der Waals surface area contributed by atoms with Crippen LogP contribution in [0.2, 0.25) is 0 Å². The van der Waals surface area contributed by atoms with Crippen molar-refractivity contribution in [3.05, 3.63) is 30.1 Å². The van der Waals surface area contributed by atoms with E-state index in [2.05, 4.69) is 5.32 Å². The van der Waals surface area contributed by atoms with E-state index in [1.807, 2.05) is 6.92 Å². The summed E-state index contributed by atoms with van der Waals surface area (Å²) < 4.78 is 13.7. The van der Waals surface area contributed by atoms with Gasteiger partial charge in [0, 0.05) is 6.54 Å². The second-order valence-electron chi connectivity index (χ2n) is 4.32. The van der Waals surface area contributed by atoms with Crippen LogP contribution in [0.3, 0.4) is 0 Å². The van der Waals surface area contributed by atoms with Gasteiger partial charge in [0.05, 0.1) is 5.69 Å². The first-order valence-corrected chi connectivity index (χ1v) is 6.56. The number of nitrogens with zero attached hydrogens (tertiary/aromatic N) is 1. The predicted molar refractivity (Wildman–Crippen MR) is 74.3 cm³/mol. The Kier molecular flexibility index (Phi) is 5.96. The molecule has 110 valence electrons. The van der Waals surface area contributed by atoms with Gasteiger partial charge in [0.15, 0.2) is 0 Å². The Morgan fingerprint density at radius 2 is 2.00 bits per heavy atom. The van der Waals surface area contributed by atoms with Crippen molar-refractivity contribution in [2.24, 2.45) is 0 Å². The Hall–Kier alpha value is -2.11. The summed E-state index contributed by atoms with van der Waals surface area (Å²) in [4.78, 5) is 24.3. The zero-order valence-electron chi connectivity index (χ0n) is 11.6. The molecule has 1 aromatic rings. The third-order valence-corrected chi connectivity index (χ3v) is 2.88. The van der Waals surface area contributed by atoms with Crippen LogP contribution in [0.15, 0.2) is 24.3 Å². The van der Waals surface area contributed by atoms with Crippen molar-refractivity contribution in [1.29, 1.82) is 0 Å². The molecular weight excluding hydrogens is 263 g/mol. The molecule has 20 heavy (non-hydrogen) atoms. The van der Waals surface area contributed by atoms with Gasteiger partial charge in [-0.15, -0.1) is 0 Å². The van der Waals surface area contributed by atoms with Gasteiger partial charge < -0.3 is 10.4 Å². The second-order valence-corrected chi connectivity index (χ2v) is 4.32. The summed E-state index contributed by atoms with van der Waals surface area (Å²) in [6, 6.07) is 4.31. The quantitative estimate of drug-likeness (QED) is 0.842. The largest absolute Gasteiger partial charge is 0.480 e. The first kappa shape index (κ1) is 15.9. The van der Waals surface area contributed by atoms with E-state index in [0.29, 0.717) is 12.8 Å². The highest BCUT2D eigenvalue weighted by molar-refractivity contribution is 5.94. The monoisotopic (exact) mass is 282 g/mol. The number of carbonyl (C=O) groups is 2. The van der Waals surface area contributed by atoms with Crippen LogP contribution < -0.4 is 10.2 Å². The summed E-state index contributed by atoms with van der Waals surface area (Å²) in [6.07, 6.45) is 0.957. The summed E-state index contributed by atoms with van der Waals surface area (Å²) in [5, 5.41) is 11.4. The maximum Gasteiger partial charge on any atom is 0.326 e. The number of hydrogen-bond acceptors (Lipinski definition) is 2. The number of urea groups is 1. The highest BCUT2D eigenvalue weighted by Crippen LogP contribution is 2.18. The van der Waals surface area contributed by atoms with E-state index in [1.165, 1.54) is 23.1 Å². The molecule has 1 atom stereocenters. The Labute approximate surface area is 117 Å². The maximum atomic E-state index is 13.7. The zero-order chi connectivity index (χ0) is 15.1. The van der Waals surface area contributed by atoms with Gasteiger partial charge in [-0.25, -0.2) is 14.0 Å². The number of carboxylic acid groups (broad SMARTS) is 1. The van der Waals surface area contributed by atoms with Crippen molar-refractivity contribution in [3.63, 3.8) is 0 Å². The molecule has 0 spiro atoms. The fraction of sp³-hybridized carbons (Fsp3) is 0.429. The number of aliphatic carboxylic acids is 1. The van der Waals surface area contributed by atoms with Crippen LogP contribution in [0.25, 0.3) is 0 Å². The van der Waals surface area contributed by atoms with E-state index >= 15 is 0 Å². The lowest BCUT2D eigenvalue weighted by Crippen LogP contribution is -2.48. The molecule has 2 amide bonds. The fourth-order valence-electron chi connectivity index (χ4n) is 1.87. The summed E-state index contributed by atoms with van der Waals surface area (Å²) >= 11 is 0. The molecule has 0 aliphatic rings. The predicted octanol–water partition coefficient (Wildman–Crippen LogP) is 2.61. The number of rotatable bonds is 6. The molecule has 1 rings (SSSR count). The van der Waals surface area contributed by atoms with E-state index in [-0.39, 0.29) is 12.2 Å². The topological polar surface area (TPSA) is 69.6 Å². The normalized spacial score (nSPS) is 11.8. The average Bonchev–Trinajstić information content (AvgIpc) is 2.41. The maximum absolute atomic E-state index is 13.7. The van der Waals surface area contributed by atoms with Gasteiger partial charge in [-0.1, -0.05) is 25.5 Å². The smallest absolute Gasteiger partial charge is 0.326 e. The van der Waals surface area contributed by atoms with Crippen LogP contribution in [0.1, 0.15) is 26.7 Å². The van der Waals surface area contributed by atoms with Gasteiger partial charge in [-0.2, -0.15) is 0 Å². The molecule has 0 aliphatic carbocycles. The molecule has 0 saturated heterocycles. The van der Waals surface area contributed by atoms with Crippen LogP contribution in [0, 0.1) is 5.82 Å². The second kappa shape index (κ2) is 7.47. The minimum Gasteiger partial charge on any atom is -0.480 e. The van der Waals surface area contributed by atoms with Crippen molar-refractivity contribution < 1.29 is 19.1 Å². The molecule has 0 unspecified atom stereocenters. The average molecular weight is 282 g/mol. The third kappa shape index (κ3) is 3.94. The number of amides is 2. The van der Waals surface area contributed by atoms with Gasteiger partial charge in [0.1, 0.15) is 11.9 Å². The summed E-state index contributed by atoms with van der Waals surface area (Å²) in [7, 11) is 0. The number of nitrogens with one attached hydrogen (secondary N) is 1. The number of para-hydroxylation sites is 1. The van der Waals surface area contributed by atoms with Crippen molar-refractivity contribution in [1.82, 2.24) is 5.32 Å². The number of halogens is 1. The molecule has 0 bridgehead atoms. The molecule has 2 N–H and O–H groups in total. The van der Waals surface area contributed by atoms with Crippen molar-refractivity contribution in [2.75, 3.05) is 11.4 Å². The zero-order valence-corrected chi connectivity index (χ0v) is 11.6. The highest BCUT2D eigenvalue weighted by Gasteiger charge is 2.23. The van der Waals surface area contributed by atoms with Crippen molar-refractivity contribution >= 4 is 17.7 Å². The van der Waals surface area contributed by atoms with Crippen molar-refractivity contribution in [2.45, 2.75) is 32.7 Å². The summed E-state index contributed by atoms with van der Waals surface area (Å²) in [6.45, 7) is 3.77. The molecule has 0 heterocycles. The van der Waals surface area contributed by atoms with Gasteiger partial charge in [-0.05, 0) is 25.5 Å². The Bertz CT molecular complexity index is 479. The minimum atomic E-state index is -1.09. The lowest BCUT2D eigenvalue weighted by atomic mass is 10.2. The lowest BCUT2D eigenvalue weighted by Gasteiger charge is -2.24. The van der Waals surface area contributed by atoms with Gasteiger partial charge in [-0.3, -0.25) is 4.90 Å². The number of carboxylic acids is 1. The van der Waals surface area contributed by atoms with Crippen LogP contribution in [0.4, 0.5) is 14.9 Å².